The van der Waals surface area contributed by atoms with Crippen LogP contribution in [0.2, 0.25) is 0 Å². The van der Waals surface area contributed by atoms with Gasteiger partial charge >= 0.3 is 0 Å². The van der Waals surface area contributed by atoms with Crippen molar-refractivity contribution in [3.05, 3.63) is 24.3 Å². The zero-order valence-electron chi connectivity index (χ0n) is 10.3. The summed E-state index contributed by atoms with van der Waals surface area (Å²) >= 11 is 0. The lowest BCUT2D eigenvalue weighted by Crippen LogP contribution is -2.24. The van der Waals surface area contributed by atoms with Gasteiger partial charge < -0.3 is 10.6 Å². The van der Waals surface area contributed by atoms with Gasteiger partial charge in [-0.3, -0.25) is 9.59 Å². The first-order valence-electron chi connectivity index (χ1n) is 6.41. The SMILES string of the molecule is O=CNc1cccc(NC(=O)C2CCCCC2)c1. The van der Waals surface area contributed by atoms with Gasteiger partial charge in [-0.15, -0.1) is 0 Å². The largest absolute Gasteiger partial charge is 0.329 e. The summed E-state index contributed by atoms with van der Waals surface area (Å²) in [5.74, 6) is 0.236. The highest BCUT2D eigenvalue weighted by molar-refractivity contribution is 5.93. The van der Waals surface area contributed by atoms with Gasteiger partial charge in [0.2, 0.25) is 12.3 Å². The van der Waals surface area contributed by atoms with E-state index >= 15 is 0 Å². The molecule has 0 aliphatic heterocycles. The number of rotatable bonds is 4. The van der Waals surface area contributed by atoms with Crippen molar-refractivity contribution in [1.82, 2.24) is 0 Å². The minimum absolute atomic E-state index is 0.0953. The number of anilines is 2. The Bertz CT molecular complexity index is 426. The Morgan fingerprint density at radius 2 is 1.89 bits per heavy atom. The Morgan fingerprint density at radius 3 is 2.61 bits per heavy atom. The molecule has 2 rings (SSSR count). The molecule has 0 unspecified atom stereocenters. The molecule has 1 aliphatic rings. The van der Waals surface area contributed by atoms with E-state index < -0.39 is 0 Å². The Balaban J connectivity index is 1.97. The molecular formula is C14H18N2O2. The predicted octanol–water partition coefficient (Wildman–Crippen LogP) is 2.77. The fourth-order valence-corrected chi connectivity index (χ4v) is 2.36. The lowest BCUT2D eigenvalue weighted by atomic mass is 9.88. The van der Waals surface area contributed by atoms with Gasteiger partial charge in [0.1, 0.15) is 0 Å². The van der Waals surface area contributed by atoms with Crippen LogP contribution in [-0.4, -0.2) is 12.3 Å². The van der Waals surface area contributed by atoms with E-state index in [1.807, 2.05) is 12.1 Å². The number of benzene rings is 1. The zero-order valence-corrected chi connectivity index (χ0v) is 10.3. The average molecular weight is 246 g/mol. The number of nitrogens with one attached hydrogen (secondary N) is 2. The Hall–Kier alpha value is -1.84. The van der Waals surface area contributed by atoms with Crippen LogP contribution in [0.4, 0.5) is 11.4 Å². The maximum Gasteiger partial charge on any atom is 0.227 e. The van der Waals surface area contributed by atoms with Crippen LogP contribution in [0.3, 0.4) is 0 Å². The van der Waals surface area contributed by atoms with E-state index in [2.05, 4.69) is 10.6 Å². The number of hydrogen-bond donors (Lipinski definition) is 2. The summed E-state index contributed by atoms with van der Waals surface area (Å²) in [7, 11) is 0. The van der Waals surface area contributed by atoms with Crippen molar-refractivity contribution in [2.45, 2.75) is 32.1 Å². The minimum atomic E-state index is 0.0953. The lowest BCUT2D eigenvalue weighted by molar-refractivity contribution is -0.120. The van der Waals surface area contributed by atoms with E-state index in [-0.39, 0.29) is 11.8 Å². The zero-order chi connectivity index (χ0) is 12.8. The van der Waals surface area contributed by atoms with Crippen LogP contribution < -0.4 is 10.6 Å². The summed E-state index contributed by atoms with van der Waals surface area (Å²) in [5, 5.41) is 5.48. The number of carbonyl (C=O) groups excluding carboxylic acids is 2. The Kier molecular flexibility index (Phi) is 4.34. The maximum atomic E-state index is 12.0. The molecule has 2 amide bonds. The molecule has 96 valence electrons. The molecule has 0 spiro atoms. The third-order valence-electron chi connectivity index (χ3n) is 3.33. The molecule has 1 fully saturated rings. The van der Waals surface area contributed by atoms with Crippen LogP contribution in [0.5, 0.6) is 0 Å². The molecule has 1 aromatic rings. The van der Waals surface area contributed by atoms with Gasteiger partial charge in [-0.2, -0.15) is 0 Å². The average Bonchev–Trinajstić information content (AvgIpc) is 2.40. The normalized spacial score (nSPS) is 16.0. The number of hydrogen-bond acceptors (Lipinski definition) is 2. The van der Waals surface area contributed by atoms with Gasteiger partial charge in [0.15, 0.2) is 0 Å². The van der Waals surface area contributed by atoms with Crippen molar-refractivity contribution in [3.8, 4) is 0 Å². The maximum absolute atomic E-state index is 12.0. The smallest absolute Gasteiger partial charge is 0.227 e. The van der Waals surface area contributed by atoms with Crippen LogP contribution in [0.25, 0.3) is 0 Å². The molecule has 4 heteroatoms. The summed E-state index contributed by atoms with van der Waals surface area (Å²) in [4.78, 5) is 22.4. The molecule has 0 saturated heterocycles. The van der Waals surface area contributed by atoms with Crippen LogP contribution >= 0.6 is 0 Å². The molecular weight excluding hydrogens is 228 g/mol. The van der Waals surface area contributed by atoms with Gasteiger partial charge in [-0.05, 0) is 31.0 Å². The highest BCUT2D eigenvalue weighted by Gasteiger charge is 2.20. The number of amides is 2. The Morgan fingerprint density at radius 1 is 1.17 bits per heavy atom. The second-order valence-electron chi connectivity index (χ2n) is 4.67. The van der Waals surface area contributed by atoms with Crippen molar-refractivity contribution in [2.75, 3.05) is 10.6 Å². The van der Waals surface area contributed by atoms with Crippen molar-refractivity contribution in [3.63, 3.8) is 0 Å². The predicted molar refractivity (Wildman–Crippen MR) is 71.3 cm³/mol. The van der Waals surface area contributed by atoms with Crippen LogP contribution in [0, 0.1) is 5.92 Å². The minimum Gasteiger partial charge on any atom is -0.329 e. The van der Waals surface area contributed by atoms with Gasteiger partial charge in [0.05, 0.1) is 0 Å². The van der Waals surface area contributed by atoms with E-state index in [9.17, 15) is 9.59 Å². The first-order chi connectivity index (χ1) is 8.79. The number of carbonyl (C=O) groups is 2. The third kappa shape index (κ3) is 3.32. The lowest BCUT2D eigenvalue weighted by Gasteiger charge is -2.20. The molecule has 4 nitrogen and oxygen atoms in total. The summed E-state index contributed by atoms with van der Waals surface area (Å²) in [5.41, 5.74) is 1.42. The van der Waals surface area contributed by atoms with Gasteiger partial charge in [0, 0.05) is 17.3 Å². The van der Waals surface area contributed by atoms with E-state index in [1.54, 1.807) is 12.1 Å². The molecule has 0 atom stereocenters. The fraction of sp³-hybridized carbons (Fsp3) is 0.429. The van der Waals surface area contributed by atoms with Gasteiger partial charge in [-0.25, -0.2) is 0 Å². The molecule has 0 radical (unpaired) electrons. The second kappa shape index (κ2) is 6.19. The standard InChI is InChI=1S/C14H18N2O2/c17-10-15-12-7-4-8-13(9-12)16-14(18)11-5-2-1-3-6-11/h4,7-11H,1-3,5-6H2,(H,15,17)(H,16,18). The summed E-state index contributed by atoms with van der Waals surface area (Å²) in [6.07, 6.45) is 6.12. The van der Waals surface area contributed by atoms with Gasteiger partial charge in [0.25, 0.3) is 0 Å². The van der Waals surface area contributed by atoms with Crippen LogP contribution in [-0.2, 0) is 9.59 Å². The van der Waals surface area contributed by atoms with Crippen molar-refractivity contribution in [1.29, 1.82) is 0 Å². The first-order valence-corrected chi connectivity index (χ1v) is 6.41. The van der Waals surface area contributed by atoms with E-state index in [4.69, 9.17) is 0 Å². The monoisotopic (exact) mass is 246 g/mol. The van der Waals surface area contributed by atoms with Crippen molar-refractivity contribution < 1.29 is 9.59 Å². The van der Waals surface area contributed by atoms with Crippen molar-refractivity contribution in [2.24, 2.45) is 5.92 Å². The highest BCUT2D eigenvalue weighted by Crippen LogP contribution is 2.25. The summed E-state index contributed by atoms with van der Waals surface area (Å²) in [6.45, 7) is 0. The fourth-order valence-electron chi connectivity index (χ4n) is 2.36. The van der Waals surface area contributed by atoms with Crippen LogP contribution in [0.1, 0.15) is 32.1 Å². The molecule has 18 heavy (non-hydrogen) atoms. The van der Waals surface area contributed by atoms with Crippen molar-refractivity contribution >= 4 is 23.7 Å². The quantitative estimate of drug-likeness (QED) is 0.802. The molecule has 2 N–H and O–H groups in total. The highest BCUT2D eigenvalue weighted by atomic mass is 16.2. The molecule has 1 saturated carbocycles. The molecule has 1 aromatic carbocycles. The van der Waals surface area contributed by atoms with E-state index in [0.717, 1.165) is 31.4 Å². The summed E-state index contributed by atoms with van der Waals surface area (Å²) < 4.78 is 0. The topological polar surface area (TPSA) is 58.2 Å². The first kappa shape index (κ1) is 12.6. The molecule has 0 bridgehead atoms. The van der Waals surface area contributed by atoms with Gasteiger partial charge in [-0.1, -0.05) is 25.3 Å². The van der Waals surface area contributed by atoms with E-state index in [1.165, 1.54) is 6.42 Å². The molecule has 0 aromatic heterocycles. The molecule has 0 heterocycles. The third-order valence-corrected chi connectivity index (χ3v) is 3.33. The molecule has 1 aliphatic carbocycles. The summed E-state index contributed by atoms with van der Waals surface area (Å²) in [6, 6.07) is 7.18. The Labute approximate surface area is 107 Å². The second-order valence-corrected chi connectivity index (χ2v) is 4.67. The van der Waals surface area contributed by atoms with Crippen LogP contribution in [0.15, 0.2) is 24.3 Å². The van der Waals surface area contributed by atoms with E-state index in [0.29, 0.717) is 12.1 Å².